The smallest absolute Gasteiger partial charge is 0.246 e. The first-order valence-electron chi connectivity index (χ1n) is 6.53. The van der Waals surface area contributed by atoms with Gasteiger partial charge in [0, 0.05) is 24.6 Å². The van der Waals surface area contributed by atoms with Crippen LogP contribution in [0.2, 0.25) is 0 Å². The summed E-state index contributed by atoms with van der Waals surface area (Å²) in [4.78, 5) is 11.3. The molecule has 0 radical (unpaired) electrons. The van der Waals surface area contributed by atoms with E-state index in [1.807, 2.05) is 0 Å². The Kier molecular flexibility index (Phi) is 5.00. The van der Waals surface area contributed by atoms with Crippen molar-refractivity contribution in [2.45, 2.75) is 17.7 Å². The van der Waals surface area contributed by atoms with Gasteiger partial charge in [-0.3, -0.25) is 4.79 Å². The van der Waals surface area contributed by atoms with Gasteiger partial charge in [0.05, 0.1) is 5.92 Å². The lowest BCUT2D eigenvalue weighted by atomic mass is 9.99. The lowest BCUT2D eigenvalue weighted by Crippen LogP contribution is -2.44. The van der Waals surface area contributed by atoms with Gasteiger partial charge in [0.1, 0.15) is 10.7 Å². The van der Waals surface area contributed by atoms with Crippen molar-refractivity contribution in [3.63, 3.8) is 0 Å². The maximum Gasteiger partial charge on any atom is 0.246 e. The van der Waals surface area contributed by atoms with Crippen LogP contribution in [0, 0.1) is 11.7 Å². The van der Waals surface area contributed by atoms with E-state index in [4.69, 9.17) is 0 Å². The van der Waals surface area contributed by atoms with Crippen LogP contribution in [0.15, 0.2) is 27.6 Å². The van der Waals surface area contributed by atoms with Gasteiger partial charge in [-0.2, -0.15) is 4.31 Å². The number of hydrogen-bond donors (Lipinski definition) is 1. The number of benzene rings is 1. The van der Waals surface area contributed by atoms with Gasteiger partial charge in [-0.1, -0.05) is 15.9 Å². The quantitative estimate of drug-likeness (QED) is 0.870. The van der Waals surface area contributed by atoms with E-state index < -0.39 is 21.8 Å². The molecule has 0 aliphatic carbocycles. The van der Waals surface area contributed by atoms with E-state index in [0.717, 1.165) is 6.07 Å². The molecule has 1 aromatic rings. The summed E-state index contributed by atoms with van der Waals surface area (Å²) in [5.41, 5.74) is 0. The van der Waals surface area contributed by atoms with Crippen molar-refractivity contribution < 1.29 is 17.6 Å². The van der Waals surface area contributed by atoms with Gasteiger partial charge >= 0.3 is 0 Å². The van der Waals surface area contributed by atoms with E-state index in [-0.39, 0.29) is 17.3 Å². The van der Waals surface area contributed by atoms with Gasteiger partial charge in [0.15, 0.2) is 0 Å². The lowest BCUT2D eigenvalue weighted by Gasteiger charge is -2.31. The predicted octanol–water partition coefficient (Wildman–Crippen LogP) is 1.73. The molecule has 8 heteroatoms. The predicted molar refractivity (Wildman–Crippen MR) is 79.6 cm³/mol. The Morgan fingerprint density at radius 3 is 2.81 bits per heavy atom. The molecule has 2 rings (SSSR count). The maximum atomic E-state index is 13.9. The molecule has 0 aromatic heterocycles. The molecule has 0 saturated carbocycles. The second-order valence-corrected chi connectivity index (χ2v) is 7.71. The normalized spacial score (nSPS) is 20.2. The van der Waals surface area contributed by atoms with Crippen molar-refractivity contribution in [1.82, 2.24) is 9.62 Å². The first kappa shape index (κ1) is 16.4. The van der Waals surface area contributed by atoms with Crippen LogP contribution in [-0.2, 0) is 14.8 Å². The summed E-state index contributed by atoms with van der Waals surface area (Å²) >= 11 is 3.10. The fraction of sp³-hybridized carbons (Fsp3) is 0.462. The Morgan fingerprint density at radius 1 is 1.48 bits per heavy atom. The molecule has 116 valence electrons. The number of nitrogens with one attached hydrogen (secondary N) is 1. The molecule has 5 nitrogen and oxygen atoms in total. The molecule has 1 saturated heterocycles. The monoisotopic (exact) mass is 378 g/mol. The molecule has 1 unspecified atom stereocenters. The molecule has 1 N–H and O–H groups in total. The average Bonchev–Trinajstić information content (AvgIpc) is 2.46. The van der Waals surface area contributed by atoms with E-state index in [1.54, 1.807) is 0 Å². The topological polar surface area (TPSA) is 66.5 Å². The summed E-state index contributed by atoms with van der Waals surface area (Å²) in [6.07, 6.45) is 1.21. The molecular weight excluding hydrogens is 363 g/mol. The molecule has 0 bridgehead atoms. The Hall–Kier alpha value is -0.990. The highest BCUT2D eigenvalue weighted by Gasteiger charge is 2.34. The van der Waals surface area contributed by atoms with Crippen LogP contribution in [0.25, 0.3) is 0 Å². The van der Waals surface area contributed by atoms with E-state index in [1.165, 1.54) is 23.5 Å². The number of carbonyl (C=O) groups is 1. The maximum absolute atomic E-state index is 13.9. The van der Waals surface area contributed by atoms with E-state index in [2.05, 4.69) is 21.2 Å². The van der Waals surface area contributed by atoms with Crippen LogP contribution >= 0.6 is 15.9 Å². The van der Waals surface area contributed by atoms with Crippen LogP contribution in [-0.4, -0.2) is 38.8 Å². The van der Waals surface area contributed by atoms with Gasteiger partial charge in [-0.25, -0.2) is 12.8 Å². The number of hydrogen-bond acceptors (Lipinski definition) is 3. The largest absolute Gasteiger partial charge is 0.359 e. The second kappa shape index (κ2) is 6.41. The zero-order valence-electron chi connectivity index (χ0n) is 11.5. The van der Waals surface area contributed by atoms with Crippen LogP contribution < -0.4 is 5.32 Å². The average molecular weight is 379 g/mol. The van der Waals surface area contributed by atoms with Gasteiger partial charge in [0.25, 0.3) is 0 Å². The summed E-state index contributed by atoms with van der Waals surface area (Å²) in [6.45, 7) is 0.378. The van der Waals surface area contributed by atoms with Crippen molar-refractivity contribution in [3.8, 4) is 0 Å². The zero-order chi connectivity index (χ0) is 15.6. The molecule has 1 heterocycles. The second-order valence-electron chi connectivity index (χ2n) is 4.89. The Balaban J connectivity index is 2.28. The molecule has 21 heavy (non-hydrogen) atoms. The highest BCUT2D eigenvalue weighted by atomic mass is 79.9. The van der Waals surface area contributed by atoms with Gasteiger partial charge in [-0.05, 0) is 31.0 Å². The minimum atomic E-state index is -3.93. The molecule has 1 atom stereocenters. The third kappa shape index (κ3) is 3.44. The number of piperidine rings is 1. The van der Waals surface area contributed by atoms with Gasteiger partial charge in [-0.15, -0.1) is 0 Å². The minimum Gasteiger partial charge on any atom is -0.359 e. The minimum absolute atomic E-state index is 0.0809. The molecule has 0 spiro atoms. The number of halogens is 2. The highest BCUT2D eigenvalue weighted by Crippen LogP contribution is 2.26. The molecular formula is C13H16BrFN2O3S. The Labute approximate surface area is 131 Å². The molecule has 1 aliphatic rings. The van der Waals surface area contributed by atoms with Gasteiger partial charge < -0.3 is 5.32 Å². The highest BCUT2D eigenvalue weighted by molar-refractivity contribution is 9.10. The summed E-state index contributed by atoms with van der Waals surface area (Å²) in [6, 6.07) is 3.83. The number of amides is 1. The molecule has 1 aromatic carbocycles. The third-order valence-electron chi connectivity index (χ3n) is 3.51. The Morgan fingerprint density at radius 2 is 2.19 bits per heavy atom. The third-order valence-corrected chi connectivity index (χ3v) is 5.90. The zero-order valence-corrected chi connectivity index (χ0v) is 13.9. The Bertz CT molecular complexity index is 651. The number of nitrogens with zero attached hydrogens (tertiary/aromatic N) is 1. The van der Waals surface area contributed by atoms with Crippen LogP contribution in [0.5, 0.6) is 0 Å². The summed E-state index contributed by atoms with van der Waals surface area (Å²) < 4.78 is 40.6. The van der Waals surface area contributed by atoms with E-state index in [9.17, 15) is 17.6 Å². The van der Waals surface area contributed by atoms with E-state index >= 15 is 0 Å². The summed E-state index contributed by atoms with van der Waals surface area (Å²) in [7, 11) is -2.41. The van der Waals surface area contributed by atoms with Crippen LogP contribution in [0.1, 0.15) is 12.8 Å². The van der Waals surface area contributed by atoms with Crippen molar-refractivity contribution >= 4 is 31.9 Å². The molecule has 1 fully saturated rings. The van der Waals surface area contributed by atoms with Crippen molar-refractivity contribution in [2.75, 3.05) is 20.1 Å². The fourth-order valence-corrected chi connectivity index (χ4v) is 4.30. The van der Waals surface area contributed by atoms with Crippen LogP contribution in [0.4, 0.5) is 4.39 Å². The summed E-state index contributed by atoms with van der Waals surface area (Å²) in [5.74, 6) is -1.38. The first-order chi connectivity index (χ1) is 9.86. The molecule has 1 amide bonds. The number of rotatable bonds is 3. The summed E-state index contributed by atoms with van der Waals surface area (Å²) in [5, 5.41) is 2.52. The van der Waals surface area contributed by atoms with Crippen molar-refractivity contribution in [3.05, 3.63) is 28.5 Å². The van der Waals surface area contributed by atoms with Crippen molar-refractivity contribution in [2.24, 2.45) is 5.92 Å². The van der Waals surface area contributed by atoms with E-state index in [0.29, 0.717) is 23.9 Å². The molecule has 1 aliphatic heterocycles. The first-order valence-corrected chi connectivity index (χ1v) is 8.76. The SMILES string of the molecule is CNC(=O)C1CCCN(S(=O)(=O)c2ccc(Br)cc2F)C1. The standard InChI is InChI=1S/C13H16BrFN2O3S/c1-16-13(18)9-3-2-6-17(8-9)21(19,20)12-5-4-10(14)7-11(12)15/h4-5,7,9H,2-3,6,8H2,1H3,(H,16,18). The fourth-order valence-electron chi connectivity index (χ4n) is 2.40. The van der Waals surface area contributed by atoms with Crippen molar-refractivity contribution in [1.29, 1.82) is 0 Å². The number of sulfonamides is 1. The number of carbonyl (C=O) groups excluding carboxylic acids is 1. The van der Waals surface area contributed by atoms with Crippen LogP contribution in [0.3, 0.4) is 0 Å². The lowest BCUT2D eigenvalue weighted by molar-refractivity contribution is -0.125. The van der Waals surface area contributed by atoms with Gasteiger partial charge in [0.2, 0.25) is 15.9 Å².